The lowest BCUT2D eigenvalue weighted by Gasteiger charge is -2.17. The number of pyridine rings is 1. The Morgan fingerprint density at radius 3 is 2.87 bits per heavy atom. The minimum atomic E-state index is 0.351. The molecule has 10 heteroatoms. The number of nitrogens with one attached hydrogen (secondary N) is 2. The maximum Gasteiger partial charge on any atom is 0.222 e. The zero-order valence-electron chi connectivity index (χ0n) is 16.5. The highest BCUT2D eigenvalue weighted by Gasteiger charge is 2.24. The van der Waals surface area contributed by atoms with Gasteiger partial charge in [0.1, 0.15) is 5.52 Å². The molecule has 30 heavy (non-hydrogen) atoms. The van der Waals surface area contributed by atoms with Gasteiger partial charge < -0.3 is 10.6 Å². The number of likely N-dealkylation sites (tertiary alicyclic amines) is 1. The summed E-state index contributed by atoms with van der Waals surface area (Å²) in [5.74, 6) is 1.54. The smallest absolute Gasteiger partial charge is 0.222 e. The van der Waals surface area contributed by atoms with E-state index in [1.807, 2.05) is 29.9 Å². The third kappa shape index (κ3) is 4.24. The van der Waals surface area contributed by atoms with Gasteiger partial charge in [0, 0.05) is 56.2 Å². The molecule has 0 aliphatic carbocycles. The van der Waals surface area contributed by atoms with Crippen LogP contribution in [-0.4, -0.2) is 66.6 Å². The zero-order chi connectivity index (χ0) is 20.2. The lowest BCUT2D eigenvalue weighted by atomic mass is 10.3. The SMILES string of the molecule is c1cnc(NCCN2CCC(Nc3nc4cccnc4n3Cc3cscn3)C2)nc1. The number of hydrogen-bond acceptors (Lipinski definition) is 9. The maximum atomic E-state index is 4.80. The molecule has 154 valence electrons. The average Bonchev–Trinajstić information content (AvgIpc) is 3.51. The summed E-state index contributed by atoms with van der Waals surface area (Å²) >= 11 is 1.60. The van der Waals surface area contributed by atoms with Crippen LogP contribution in [-0.2, 0) is 6.54 Å². The van der Waals surface area contributed by atoms with Crippen molar-refractivity contribution in [1.29, 1.82) is 0 Å². The number of rotatable bonds is 8. The van der Waals surface area contributed by atoms with Gasteiger partial charge in [0.2, 0.25) is 11.9 Å². The molecule has 1 unspecified atom stereocenters. The van der Waals surface area contributed by atoms with E-state index in [0.717, 1.165) is 55.4 Å². The van der Waals surface area contributed by atoms with Crippen molar-refractivity contribution in [3.63, 3.8) is 0 Å². The Hall–Kier alpha value is -3.11. The average molecular weight is 422 g/mol. The monoisotopic (exact) mass is 421 g/mol. The quantitative estimate of drug-likeness (QED) is 0.447. The molecule has 5 heterocycles. The van der Waals surface area contributed by atoms with Crippen LogP contribution >= 0.6 is 11.3 Å². The number of anilines is 2. The molecule has 9 nitrogen and oxygen atoms in total. The number of thiazole rings is 1. The Labute approximate surface area is 178 Å². The van der Waals surface area contributed by atoms with Crippen LogP contribution < -0.4 is 10.6 Å². The standard InChI is InChI=1S/C20H23N9S/c1-3-17-18(21-5-1)29(12-16-13-30-14-25-16)20(27-17)26-15-4-9-28(11-15)10-8-24-19-22-6-2-7-23-19/h1-3,5-7,13-15H,4,8-12H2,(H,26,27)(H,22,23,24). The minimum absolute atomic E-state index is 0.351. The summed E-state index contributed by atoms with van der Waals surface area (Å²) in [5, 5.41) is 8.99. The third-order valence-electron chi connectivity index (χ3n) is 5.19. The van der Waals surface area contributed by atoms with Crippen molar-refractivity contribution in [2.24, 2.45) is 0 Å². The van der Waals surface area contributed by atoms with Crippen LogP contribution in [0.5, 0.6) is 0 Å². The molecule has 1 aliphatic heterocycles. The summed E-state index contributed by atoms with van der Waals surface area (Å²) in [5.41, 5.74) is 4.67. The number of aromatic nitrogens is 6. The van der Waals surface area contributed by atoms with Gasteiger partial charge in [-0.3, -0.25) is 9.47 Å². The summed E-state index contributed by atoms with van der Waals surface area (Å²) in [6, 6.07) is 6.10. The first-order chi connectivity index (χ1) is 14.8. The lowest BCUT2D eigenvalue weighted by molar-refractivity contribution is 0.349. The van der Waals surface area contributed by atoms with Crippen molar-refractivity contribution in [2.75, 3.05) is 36.8 Å². The van der Waals surface area contributed by atoms with E-state index in [2.05, 4.69) is 45.4 Å². The summed E-state index contributed by atoms with van der Waals surface area (Å²) in [6.07, 6.45) is 6.39. The normalized spacial score (nSPS) is 16.9. The fourth-order valence-corrected chi connectivity index (χ4v) is 4.30. The number of fused-ring (bicyclic) bond motifs is 1. The van der Waals surface area contributed by atoms with Gasteiger partial charge in [-0.2, -0.15) is 0 Å². The second-order valence-corrected chi connectivity index (χ2v) is 8.00. The molecule has 2 N–H and O–H groups in total. The molecule has 0 bridgehead atoms. The summed E-state index contributed by atoms with van der Waals surface area (Å²) in [4.78, 5) is 24.6. The molecule has 0 radical (unpaired) electrons. The van der Waals surface area contributed by atoms with Crippen molar-refractivity contribution in [1.82, 2.24) is 34.4 Å². The number of nitrogens with zero attached hydrogens (tertiary/aromatic N) is 7. The summed E-state index contributed by atoms with van der Waals surface area (Å²) < 4.78 is 2.13. The first-order valence-electron chi connectivity index (χ1n) is 10.0. The van der Waals surface area contributed by atoms with Crippen molar-refractivity contribution in [3.05, 3.63) is 53.4 Å². The van der Waals surface area contributed by atoms with E-state index >= 15 is 0 Å². The molecule has 4 aromatic heterocycles. The van der Waals surface area contributed by atoms with E-state index in [0.29, 0.717) is 18.5 Å². The molecular weight excluding hydrogens is 398 g/mol. The highest BCUT2D eigenvalue weighted by molar-refractivity contribution is 7.07. The van der Waals surface area contributed by atoms with Crippen LogP contribution in [0.25, 0.3) is 11.2 Å². The molecule has 4 aromatic rings. The first-order valence-corrected chi connectivity index (χ1v) is 11.0. The van der Waals surface area contributed by atoms with Crippen LogP contribution in [0.15, 0.2) is 47.7 Å². The lowest BCUT2D eigenvalue weighted by Crippen LogP contribution is -2.31. The van der Waals surface area contributed by atoms with Crippen molar-refractivity contribution in [3.8, 4) is 0 Å². The van der Waals surface area contributed by atoms with E-state index < -0.39 is 0 Å². The van der Waals surface area contributed by atoms with Crippen LogP contribution in [0.1, 0.15) is 12.1 Å². The predicted molar refractivity (Wildman–Crippen MR) is 118 cm³/mol. The van der Waals surface area contributed by atoms with E-state index in [4.69, 9.17) is 4.98 Å². The molecule has 0 aromatic carbocycles. The van der Waals surface area contributed by atoms with Gasteiger partial charge in [-0.05, 0) is 24.6 Å². The van der Waals surface area contributed by atoms with Crippen LogP contribution in [0.2, 0.25) is 0 Å². The van der Waals surface area contributed by atoms with E-state index in [1.54, 1.807) is 23.7 Å². The van der Waals surface area contributed by atoms with Gasteiger partial charge in [-0.1, -0.05) is 0 Å². The Kier molecular flexibility index (Phi) is 5.49. The number of imidazole rings is 1. The Balaban J connectivity index is 1.22. The van der Waals surface area contributed by atoms with Crippen molar-refractivity contribution >= 4 is 34.4 Å². The molecule has 1 fully saturated rings. The third-order valence-corrected chi connectivity index (χ3v) is 5.83. The zero-order valence-corrected chi connectivity index (χ0v) is 17.3. The fourth-order valence-electron chi connectivity index (χ4n) is 3.75. The summed E-state index contributed by atoms with van der Waals surface area (Å²) in [6.45, 7) is 4.47. The highest BCUT2D eigenvalue weighted by atomic mass is 32.1. The van der Waals surface area contributed by atoms with Crippen molar-refractivity contribution < 1.29 is 0 Å². The van der Waals surface area contributed by atoms with E-state index in [-0.39, 0.29) is 0 Å². The predicted octanol–water partition coefficient (Wildman–Crippen LogP) is 2.32. The molecule has 1 saturated heterocycles. The van der Waals surface area contributed by atoms with Gasteiger partial charge in [-0.15, -0.1) is 11.3 Å². The second kappa shape index (κ2) is 8.72. The molecule has 0 saturated carbocycles. The van der Waals surface area contributed by atoms with Gasteiger partial charge in [0.15, 0.2) is 5.65 Å². The molecule has 1 atom stereocenters. The molecule has 5 rings (SSSR count). The van der Waals surface area contributed by atoms with Crippen LogP contribution in [0.3, 0.4) is 0 Å². The maximum absolute atomic E-state index is 4.80. The minimum Gasteiger partial charge on any atom is -0.353 e. The van der Waals surface area contributed by atoms with Gasteiger partial charge >= 0.3 is 0 Å². The fraction of sp³-hybridized carbons (Fsp3) is 0.350. The number of hydrogen-bond donors (Lipinski definition) is 2. The van der Waals surface area contributed by atoms with Crippen molar-refractivity contribution in [2.45, 2.75) is 19.0 Å². The second-order valence-electron chi connectivity index (χ2n) is 7.28. The van der Waals surface area contributed by atoms with E-state index in [9.17, 15) is 0 Å². The van der Waals surface area contributed by atoms with Gasteiger partial charge in [0.25, 0.3) is 0 Å². The Bertz CT molecular complexity index is 1080. The topological polar surface area (TPSA) is 96.7 Å². The van der Waals surface area contributed by atoms with Gasteiger partial charge in [-0.25, -0.2) is 24.9 Å². The highest BCUT2D eigenvalue weighted by Crippen LogP contribution is 2.22. The molecular formula is C20H23N9S. The van der Waals surface area contributed by atoms with E-state index in [1.165, 1.54) is 0 Å². The summed E-state index contributed by atoms with van der Waals surface area (Å²) in [7, 11) is 0. The first kappa shape index (κ1) is 18.9. The van der Waals surface area contributed by atoms with Crippen LogP contribution in [0, 0.1) is 0 Å². The molecule has 1 aliphatic rings. The largest absolute Gasteiger partial charge is 0.353 e. The Morgan fingerprint density at radius 2 is 2.00 bits per heavy atom. The molecule has 0 amide bonds. The Morgan fingerprint density at radius 1 is 1.10 bits per heavy atom. The van der Waals surface area contributed by atoms with Gasteiger partial charge in [0.05, 0.1) is 17.7 Å². The molecule has 0 spiro atoms. The van der Waals surface area contributed by atoms with Crippen LogP contribution in [0.4, 0.5) is 11.9 Å².